The van der Waals surface area contributed by atoms with Crippen LogP contribution in [0.25, 0.3) is 0 Å². The van der Waals surface area contributed by atoms with Crippen LogP contribution in [-0.2, 0) is 4.74 Å². The summed E-state index contributed by atoms with van der Waals surface area (Å²) in [5, 5.41) is 0. The summed E-state index contributed by atoms with van der Waals surface area (Å²) in [6.07, 6.45) is 1.85. The molecular weight excluding hydrogens is 261 g/mol. The molecule has 0 spiro atoms. The molecule has 1 aromatic heterocycles. The monoisotopic (exact) mass is 273 g/mol. The van der Waals surface area contributed by atoms with Crippen molar-refractivity contribution in [1.82, 2.24) is 4.98 Å². The Morgan fingerprint density at radius 3 is 2.53 bits per heavy atom. The molecule has 8 heteroatoms. The minimum atomic E-state index is -5.03. The fourth-order valence-corrected chi connectivity index (χ4v) is 0.975. The molecule has 1 unspecified atom stereocenters. The molecule has 0 saturated heterocycles. The second-order valence-electron chi connectivity index (χ2n) is 3.39. The van der Waals surface area contributed by atoms with Gasteiger partial charge in [0, 0.05) is 13.3 Å². The van der Waals surface area contributed by atoms with Gasteiger partial charge in [-0.3, -0.25) is 4.98 Å². The SMILES string of the molecule is COC(C)COc1cncc([B-](F)(F)F)c1.[K+]. The summed E-state index contributed by atoms with van der Waals surface area (Å²) < 4.78 is 47.1. The van der Waals surface area contributed by atoms with Crippen LogP contribution in [-0.4, -0.2) is 31.8 Å². The van der Waals surface area contributed by atoms with Crippen LogP contribution < -0.4 is 61.6 Å². The molecule has 0 aliphatic heterocycles. The molecule has 0 bridgehead atoms. The number of pyridine rings is 1. The van der Waals surface area contributed by atoms with Crippen LogP contribution in [0.2, 0.25) is 0 Å². The van der Waals surface area contributed by atoms with Crippen molar-refractivity contribution in [2.45, 2.75) is 13.0 Å². The first-order chi connectivity index (χ1) is 7.43. The Bertz CT molecular complexity index is 351. The molecule has 0 fully saturated rings. The zero-order valence-electron chi connectivity index (χ0n) is 9.99. The summed E-state index contributed by atoms with van der Waals surface area (Å²) in [7, 11) is 1.50. The van der Waals surface area contributed by atoms with Gasteiger partial charge in [-0.2, -0.15) is 0 Å². The van der Waals surface area contributed by atoms with Crippen LogP contribution in [0.15, 0.2) is 18.5 Å². The van der Waals surface area contributed by atoms with Crippen LogP contribution in [0.4, 0.5) is 12.9 Å². The zero-order chi connectivity index (χ0) is 12.2. The summed E-state index contributed by atoms with van der Waals surface area (Å²) in [5.41, 5.74) is -0.762. The van der Waals surface area contributed by atoms with E-state index in [1.807, 2.05) is 0 Å². The minimum Gasteiger partial charge on any atom is -0.489 e. The van der Waals surface area contributed by atoms with Gasteiger partial charge in [-0.05, 0) is 13.0 Å². The summed E-state index contributed by atoms with van der Waals surface area (Å²) in [6.45, 7) is -3.09. The van der Waals surface area contributed by atoms with E-state index >= 15 is 0 Å². The molecule has 0 saturated carbocycles. The van der Waals surface area contributed by atoms with Crippen LogP contribution in [0.3, 0.4) is 0 Å². The maximum atomic E-state index is 12.4. The maximum Gasteiger partial charge on any atom is 1.00 e. The Hall–Kier alpha value is 0.401. The van der Waals surface area contributed by atoms with Crippen molar-refractivity contribution in [1.29, 1.82) is 0 Å². The molecule has 1 aromatic rings. The van der Waals surface area contributed by atoms with Crippen LogP contribution in [0.5, 0.6) is 5.75 Å². The molecule has 0 amide bonds. The second kappa shape index (κ2) is 7.75. The molecule has 3 nitrogen and oxygen atoms in total. The molecule has 0 radical (unpaired) electrons. The Kier molecular flexibility index (Phi) is 7.94. The van der Waals surface area contributed by atoms with E-state index in [2.05, 4.69) is 4.98 Å². The smallest absolute Gasteiger partial charge is 0.489 e. The van der Waals surface area contributed by atoms with Gasteiger partial charge in [0.15, 0.2) is 0 Å². The molecule has 1 rings (SSSR count). The third kappa shape index (κ3) is 6.21. The van der Waals surface area contributed by atoms with Gasteiger partial charge < -0.3 is 22.4 Å². The van der Waals surface area contributed by atoms with Crippen LogP contribution in [0.1, 0.15) is 6.92 Å². The summed E-state index contributed by atoms with van der Waals surface area (Å²) >= 11 is 0. The second-order valence-corrected chi connectivity index (χ2v) is 3.39. The number of rotatable bonds is 5. The molecule has 17 heavy (non-hydrogen) atoms. The van der Waals surface area contributed by atoms with Gasteiger partial charge in [0.05, 0.1) is 12.3 Å². The van der Waals surface area contributed by atoms with Gasteiger partial charge in [-0.25, -0.2) is 0 Å². The number of hydrogen-bond acceptors (Lipinski definition) is 3. The Morgan fingerprint density at radius 1 is 1.35 bits per heavy atom. The van der Waals surface area contributed by atoms with E-state index in [1.165, 1.54) is 13.3 Å². The fraction of sp³-hybridized carbons (Fsp3) is 0.444. The normalized spacial score (nSPS) is 12.8. The topological polar surface area (TPSA) is 31.4 Å². The van der Waals surface area contributed by atoms with E-state index in [9.17, 15) is 12.9 Å². The van der Waals surface area contributed by atoms with Crippen LogP contribution >= 0.6 is 0 Å². The fourth-order valence-electron chi connectivity index (χ4n) is 0.975. The predicted octanol–water partition coefficient (Wildman–Crippen LogP) is -1.45. The van der Waals surface area contributed by atoms with E-state index in [1.54, 1.807) is 6.92 Å². The molecular formula is C9H12BF3KNO2. The van der Waals surface area contributed by atoms with Gasteiger partial charge in [0.1, 0.15) is 12.4 Å². The third-order valence-corrected chi connectivity index (χ3v) is 2.00. The number of aromatic nitrogens is 1. The predicted molar refractivity (Wildman–Crippen MR) is 54.9 cm³/mol. The van der Waals surface area contributed by atoms with E-state index < -0.39 is 12.4 Å². The molecule has 90 valence electrons. The van der Waals surface area contributed by atoms with Crippen molar-refractivity contribution in [3.63, 3.8) is 0 Å². The van der Waals surface area contributed by atoms with E-state index in [0.29, 0.717) is 0 Å². The number of nitrogens with zero attached hydrogens (tertiary/aromatic N) is 1. The number of ether oxygens (including phenoxy) is 2. The van der Waals surface area contributed by atoms with Gasteiger partial charge in [0.2, 0.25) is 0 Å². The minimum absolute atomic E-state index is 0. The first-order valence-corrected chi connectivity index (χ1v) is 4.74. The average molecular weight is 273 g/mol. The van der Waals surface area contributed by atoms with Crippen molar-refractivity contribution >= 4 is 12.4 Å². The van der Waals surface area contributed by atoms with E-state index in [4.69, 9.17) is 9.47 Å². The quantitative estimate of drug-likeness (QED) is 0.615. The standard InChI is InChI=1S/C9H12BF3NO2.K/c1-7(15-2)6-16-9-3-8(4-14-5-9)10(11,12)13;/h3-5,7H,6H2,1-2H3;/q-1;+1. The molecule has 0 N–H and O–H groups in total. The summed E-state index contributed by atoms with van der Waals surface area (Å²) in [6, 6.07) is 0.940. The van der Waals surface area contributed by atoms with Crippen molar-refractivity contribution in [2.75, 3.05) is 13.7 Å². The Balaban J connectivity index is 0.00000256. The number of methoxy groups -OCH3 is 1. The van der Waals surface area contributed by atoms with Crippen LogP contribution in [0, 0.1) is 0 Å². The number of hydrogen-bond donors (Lipinski definition) is 0. The molecule has 0 aliphatic carbocycles. The van der Waals surface area contributed by atoms with Crippen molar-refractivity contribution in [2.24, 2.45) is 0 Å². The Labute approximate surface area is 141 Å². The largest absolute Gasteiger partial charge is 1.00 e. The van der Waals surface area contributed by atoms with Gasteiger partial charge in [-0.15, -0.1) is 0 Å². The Morgan fingerprint density at radius 2 is 2.00 bits per heavy atom. The molecule has 1 heterocycles. The van der Waals surface area contributed by atoms with E-state index in [-0.39, 0.29) is 69.8 Å². The first-order valence-electron chi connectivity index (χ1n) is 4.74. The van der Waals surface area contributed by atoms with Gasteiger partial charge in [-0.1, -0.05) is 5.46 Å². The first kappa shape index (κ1) is 17.4. The molecule has 0 aliphatic rings. The van der Waals surface area contributed by atoms with Gasteiger partial charge in [0.25, 0.3) is 0 Å². The molecule has 1 atom stereocenters. The average Bonchev–Trinajstić information content (AvgIpc) is 2.25. The summed E-state index contributed by atoms with van der Waals surface area (Å²) in [5.74, 6) is 0.0978. The third-order valence-electron chi connectivity index (χ3n) is 2.00. The zero-order valence-corrected chi connectivity index (χ0v) is 13.1. The molecule has 0 aromatic carbocycles. The van der Waals surface area contributed by atoms with E-state index in [0.717, 1.165) is 12.3 Å². The van der Waals surface area contributed by atoms with Crippen molar-refractivity contribution in [3.05, 3.63) is 18.5 Å². The number of halogens is 3. The van der Waals surface area contributed by atoms with Gasteiger partial charge >= 0.3 is 58.4 Å². The maximum absolute atomic E-state index is 12.4. The van der Waals surface area contributed by atoms with Crippen molar-refractivity contribution in [3.8, 4) is 5.75 Å². The summed E-state index contributed by atoms with van der Waals surface area (Å²) in [4.78, 5) is 3.48. The van der Waals surface area contributed by atoms with Crippen molar-refractivity contribution < 1.29 is 73.8 Å².